The molecule has 0 radical (unpaired) electrons. The van der Waals surface area contributed by atoms with Crippen molar-refractivity contribution in [2.45, 2.75) is 43.7 Å². The maximum Gasteiger partial charge on any atom is 0.410 e. The van der Waals surface area contributed by atoms with Gasteiger partial charge < -0.3 is 24.2 Å². The van der Waals surface area contributed by atoms with Gasteiger partial charge >= 0.3 is 6.09 Å². The summed E-state index contributed by atoms with van der Waals surface area (Å²) in [6.45, 7) is 0.719. The van der Waals surface area contributed by atoms with Crippen LogP contribution in [0.15, 0.2) is 18.2 Å². The molecule has 1 aliphatic carbocycles. The zero-order chi connectivity index (χ0) is 16.7. The lowest BCUT2D eigenvalue weighted by atomic mass is 9.66. The van der Waals surface area contributed by atoms with Crippen LogP contribution in [0.1, 0.15) is 43.7 Å². The average molecular weight is 333 g/mol. The predicted molar refractivity (Wildman–Crippen MR) is 85.9 cm³/mol. The van der Waals surface area contributed by atoms with E-state index in [0.717, 1.165) is 37.0 Å². The number of methoxy groups -OCH3 is 1. The molecule has 0 spiro atoms. The van der Waals surface area contributed by atoms with Gasteiger partial charge in [-0.15, -0.1) is 0 Å². The first-order valence-electron chi connectivity index (χ1n) is 8.59. The largest absolute Gasteiger partial charge is 0.454 e. The molecule has 24 heavy (non-hydrogen) atoms. The molecule has 4 rings (SSSR count). The maximum absolute atomic E-state index is 12.3. The second-order valence-electron chi connectivity index (χ2n) is 6.93. The SMILES string of the molecule is COC(=O)N1CC[C@]2(O)CCCC[C@H]2[C@@H]1c1ccc2c(c1)OCO2. The van der Waals surface area contributed by atoms with E-state index >= 15 is 0 Å². The Kier molecular flexibility index (Phi) is 3.79. The zero-order valence-corrected chi connectivity index (χ0v) is 13.9. The van der Waals surface area contributed by atoms with Crippen LogP contribution >= 0.6 is 0 Å². The van der Waals surface area contributed by atoms with Gasteiger partial charge in [-0.2, -0.15) is 0 Å². The number of likely N-dealkylation sites (tertiary alicyclic amines) is 1. The number of carbonyl (C=O) groups excluding carboxylic acids is 1. The summed E-state index contributed by atoms with van der Waals surface area (Å²) in [5, 5.41) is 11.2. The van der Waals surface area contributed by atoms with Crippen molar-refractivity contribution < 1.29 is 24.1 Å². The molecule has 0 unspecified atom stereocenters. The average Bonchev–Trinajstić information content (AvgIpc) is 3.07. The number of hydrogen-bond donors (Lipinski definition) is 1. The van der Waals surface area contributed by atoms with Gasteiger partial charge in [-0.25, -0.2) is 4.79 Å². The molecule has 1 aromatic rings. The van der Waals surface area contributed by atoms with Crippen LogP contribution in [0.4, 0.5) is 4.79 Å². The van der Waals surface area contributed by atoms with E-state index in [4.69, 9.17) is 14.2 Å². The molecule has 2 heterocycles. The first kappa shape index (κ1) is 15.6. The summed E-state index contributed by atoms with van der Waals surface area (Å²) in [5.74, 6) is 1.43. The van der Waals surface area contributed by atoms with Crippen LogP contribution in [0.2, 0.25) is 0 Å². The number of hydrogen-bond acceptors (Lipinski definition) is 5. The number of aliphatic hydroxyl groups is 1. The Morgan fingerprint density at radius 3 is 2.96 bits per heavy atom. The van der Waals surface area contributed by atoms with Crippen molar-refractivity contribution in [2.24, 2.45) is 5.92 Å². The Morgan fingerprint density at radius 1 is 1.29 bits per heavy atom. The Labute approximate surface area is 141 Å². The van der Waals surface area contributed by atoms with E-state index in [2.05, 4.69) is 0 Å². The molecule has 0 bridgehead atoms. The first-order chi connectivity index (χ1) is 11.6. The standard InChI is InChI=1S/C18H23NO5/c1-22-17(20)19-9-8-18(21)7-3-2-4-13(18)16(19)12-5-6-14-15(10-12)24-11-23-14/h5-6,10,13,16,21H,2-4,7-9,11H2,1H3/t13-,16-,18+/m0/s1. The minimum atomic E-state index is -0.705. The number of ether oxygens (including phenoxy) is 3. The number of rotatable bonds is 1. The highest BCUT2D eigenvalue weighted by atomic mass is 16.7. The summed E-state index contributed by atoms with van der Waals surface area (Å²) < 4.78 is 15.9. The Hall–Kier alpha value is -1.95. The third-order valence-corrected chi connectivity index (χ3v) is 5.71. The molecule has 3 aliphatic rings. The van der Waals surface area contributed by atoms with Gasteiger partial charge in [0.05, 0.1) is 18.8 Å². The summed E-state index contributed by atoms with van der Waals surface area (Å²) in [4.78, 5) is 14.1. The summed E-state index contributed by atoms with van der Waals surface area (Å²) in [6.07, 6.45) is 4.08. The number of fused-ring (bicyclic) bond motifs is 2. The molecule has 2 fully saturated rings. The second kappa shape index (κ2) is 5.84. The maximum atomic E-state index is 12.3. The van der Waals surface area contributed by atoms with E-state index in [1.54, 1.807) is 4.90 Å². The summed E-state index contributed by atoms with van der Waals surface area (Å²) in [6, 6.07) is 5.58. The van der Waals surface area contributed by atoms with Gasteiger partial charge in [0.15, 0.2) is 11.5 Å². The highest BCUT2D eigenvalue weighted by Crippen LogP contribution is 2.50. The van der Waals surface area contributed by atoms with Crippen molar-refractivity contribution in [3.63, 3.8) is 0 Å². The third-order valence-electron chi connectivity index (χ3n) is 5.71. The van der Waals surface area contributed by atoms with Crippen molar-refractivity contribution in [2.75, 3.05) is 20.4 Å². The van der Waals surface area contributed by atoms with E-state index in [1.807, 2.05) is 18.2 Å². The van der Waals surface area contributed by atoms with Gasteiger partial charge in [0.25, 0.3) is 0 Å². The van der Waals surface area contributed by atoms with Crippen LogP contribution in [0, 0.1) is 5.92 Å². The fourth-order valence-corrected chi connectivity index (χ4v) is 4.51. The van der Waals surface area contributed by atoms with Crippen LogP contribution in [-0.4, -0.2) is 42.1 Å². The predicted octanol–water partition coefficient (Wildman–Crippen LogP) is 2.85. The highest BCUT2D eigenvalue weighted by molar-refractivity contribution is 5.68. The quantitative estimate of drug-likeness (QED) is 0.856. The van der Waals surface area contributed by atoms with Gasteiger partial charge in [-0.1, -0.05) is 18.9 Å². The van der Waals surface area contributed by atoms with Gasteiger partial charge in [-0.3, -0.25) is 0 Å². The van der Waals surface area contributed by atoms with Crippen LogP contribution in [-0.2, 0) is 4.74 Å². The lowest BCUT2D eigenvalue weighted by Gasteiger charge is -2.52. The fourth-order valence-electron chi connectivity index (χ4n) is 4.51. The molecule has 3 atom stereocenters. The van der Waals surface area contributed by atoms with E-state index in [-0.39, 0.29) is 24.8 Å². The van der Waals surface area contributed by atoms with Crippen LogP contribution in [0.25, 0.3) is 0 Å². The lowest BCUT2D eigenvalue weighted by Crippen LogP contribution is -2.56. The van der Waals surface area contributed by atoms with E-state index in [0.29, 0.717) is 18.7 Å². The molecule has 1 saturated carbocycles. The number of carbonyl (C=O) groups is 1. The van der Waals surface area contributed by atoms with E-state index < -0.39 is 5.60 Å². The molecule has 6 heteroatoms. The molecule has 1 aromatic carbocycles. The second-order valence-corrected chi connectivity index (χ2v) is 6.93. The minimum Gasteiger partial charge on any atom is -0.454 e. The molecule has 6 nitrogen and oxygen atoms in total. The number of piperidine rings is 1. The molecule has 130 valence electrons. The van der Waals surface area contributed by atoms with Crippen molar-refractivity contribution in [1.29, 1.82) is 0 Å². The smallest absolute Gasteiger partial charge is 0.410 e. The number of amides is 1. The summed E-state index contributed by atoms with van der Waals surface area (Å²) in [5.41, 5.74) is 0.263. The monoisotopic (exact) mass is 333 g/mol. The summed E-state index contributed by atoms with van der Waals surface area (Å²) in [7, 11) is 1.40. The van der Waals surface area contributed by atoms with E-state index in [9.17, 15) is 9.90 Å². The Bertz CT molecular complexity index is 648. The molecule has 1 amide bonds. The van der Waals surface area contributed by atoms with Crippen LogP contribution in [0.5, 0.6) is 11.5 Å². The van der Waals surface area contributed by atoms with Gasteiger partial charge in [0, 0.05) is 12.5 Å². The molecular formula is C18H23NO5. The Morgan fingerprint density at radius 2 is 2.12 bits per heavy atom. The topological polar surface area (TPSA) is 68.2 Å². The van der Waals surface area contributed by atoms with Crippen molar-refractivity contribution in [3.05, 3.63) is 23.8 Å². The fraction of sp³-hybridized carbons (Fsp3) is 0.611. The van der Waals surface area contributed by atoms with Crippen molar-refractivity contribution in [3.8, 4) is 11.5 Å². The van der Waals surface area contributed by atoms with Gasteiger partial charge in [0.1, 0.15) is 0 Å². The zero-order valence-electron chi connectivity index (χ0n) is 13.9. The van der Waals surface area contributed by atoms with E-state index in [1.165, 1.54) is 7.11 Å². The van der Waals surface area contributed by atoms with Crippen molar-refractivity contribution >= 4 is 6.09 Å². The highest BCUT2D eigenvalue weighted by Gasteiger charge is 2.50. The van der Waals surface area contributed by atoms with Gasteiger partial charge in [0.2, 0.25) is 6.79 Å². The lowest BCUT2D eigenvalue weighted by molar-refractivity contribution is -0.117. The van der Waals surface area contributed by atoms with Crippen LogP contribution < -0.4 is 9.47 Å². The third kappa shape index (κ3) is 2.40. The number of nitrogens with zero attached hydrogens (tertiary/aromatic N) is 1. The van der Waals surface area contributed by atoms with Crippen LogP contribution in [0.3, 0.4) is 0 Å². The number of benzene rings is 1. The van der Waals surface area contributed by atoms with Gasteiger partial charge in [-0.05, 0) is 37.0 Å². The normalized spacial score (nSPS) is 31.5. The molecule has 2 aliphatic heterocycles. The Balaban J connectivity index is 1.74. The first-order valence-corrected chi connectivity index (χ1v) is 8.59. The molecular weight excluding hydrogens is 310 g/mol. The summed E-state index contributed by atoms with van der Waals surface area (Å²) >= 11 is 0. The minimum absolute atomic E-state index is 0.0134. The molecule has 1 saturated heterocycles. The molecule has 0 aromatic heterocycles. The molecule has 1 N–H and O–H groups in total. The van der Waals surface area contributed by atoms with Crippen molar-refractivity contribution in [1.82, 2.24) is 4.90 Å².